The summed E-state index contributed by atoms with van der Waals surface area (Å²) in [6.07, 6.45) is 0. The van der Waals surface area contributed by atoms with Gasteiger partial charge in [-0.15, -0.1) is 0 Å². The Labute approximate surface area is 122 Å². The van der Waals surface area contributed by atoms with Crippen LogP contribution in [-0.2, 0) is 4.79 Å². The first-order chi connectivity index (χ1) is 10.2. The molecule has 0 unspecified atom stereocenters. The fourth-order valence-corrected chi connectivity index (χ4v) is 1.88. The summed E-state index contributed by atoms with van der Waals surface area (Å²) in [4.78, 5) is 11.8. The average molecular weight is 287 g/mol. The lowest BCUT2D eigenvalue weighted by molar-refractivity contribution is -0.124. The first-order valence-electron chi connectivity index (χ1n) is 6.56. The van der Waals surface area contributed by atoms with Crippen LogP contribution in [0.15, 0.2) is 54.6 Å². The minimum absolute atomic E-state index is 0.0212. The van der Waals surface area contributed by atoms with Crippen LogP contribution in [0.1, 0.15) is 11.6 Å². The van der Waals surface area contributed by atoms with E-state index in [9.17, 15) is 15.0 Å². The Morgan fingerprint density at radius 1 is 1.10 bits per heavy atom. The molecule has 2 aromatic rings. The van der Waals surface area contributed by atoms with Crippen molar-refractivity contribution in [2.75, 3.05) is 13.2 Å². The molecule has 0 aliphatic carbocycles. The van der Waals surface area contributed by atoms with Gasteiger partial charge in [-0.05, 0) is 17.7 Å². The zero-order valence-corrected chi connectivity index (χ0v) is 11.4. The zero-order valence-electron chi connectivity index (χ0n) is 11.4. The number of aromatic hydroxyl groups is 1. The average Bonchev–Trinajstić information content (AvgIpc) is 2.52. The Balaban J connectivity index is 1.90. The number of hydrogen-bond acceptors (Lipinski definition) is 4. The van der Waals surface area contributed by atoms with E-state index in [2.05, 4.69) is 5.32 Å². The highest BCUT2D eigenvalue weighted by molar-refractivity contribution is 5.78. The Bertz CT molecular complexity index is 586. The maximum atomic E-state index is 11.8. The molecule has 5 nitrogen and oxygen atoms in total. The van der Waals surface area contributed by atoms with Gasteiger partial charge in [-0.1, -0.05) is 42.5 Å². The molecule has 0 aromatic heterocycles. The first kappa shape index (κ1) is 14.9. The van der Waals surface area contributed by atoms with Gasteiger partial charge in [0.25, 0.3) is 5.91 Å². The highest BCUT2D eigenvalue weighted by Gasteiger charge is 2.14. The summed E-state index contributed by atoms with van der Waals surface area (Å²) in [7, 11) is 0. The molecule has 0 radical (unpaired) electrons. The molecule has 0 saturated heterocycles. The molecule has 0 heterocycles. The van der Waals surface area contributed by atoms with E-state index in [1.54, 1.807) is 18.2 Å². The number of carbonyl (C=O) groups is 1. The largest absolute Gasteiger partial charge is 0.504 e. The van der Waals surface area contributed by atoms with Gasteiger partial charge in [0, 0.05) is 0 Å². The van der Waals surface area contributed by atoms with Crippen LogP contribution in [0.25, 0.3) is 0 Å². The lowest BCUT2D eigenvalue weighted by atomic mass is 10.1. The number of carbonyl (C=O) groups excluding carboxylic acids is 1. The molecule has 2 aromatic carbocycles. The third kappa shape index (κ3) is 4.22. The van der Waals surface area contributed by atoms with Gasteiger partial charge >= 0.3 is 0 Å². The van der Waals surface area contributed by atoms with Crippen molar-refractivity contribution in [2.45, 2.75) is 6.04 Å². The number of aliphatic hydroxyl groups excluding tert-OH is 1. The molecule has 1 atom stereocenters. The summed E-state index contributed by atoms with van der Waals surface area (Å²) in [5.41, 5.74) is 0.816. The predicted molar refractivity (Wildman–Crippen MR) is 78.0 cm³/mol. The monoisotopic (exact) mass is 287 g/mol. The van der Waals surface area contributed by atoms with Crippen LogP contribution in [0, 0.1) is 0 Å². The van der Waals surface area contributed by atoms with Crippen molar-refractivity contribution in [3.63, 3.8) is 0 Å². The van der Waals surface area contributed by atoms with Crippen LogP contribution >= 0.6 is 0 Å². The van der Waals surface area contributed by atoms with Gasteiger partial charge in [0.15, 0.2) is 18.1 Å². The molecule has 1 amide bonds. The number of rotatable bonds is 6. The van der Waals surface area contributed by atoms with E-state index in [1.807, 2.05) is 30.3 Å². The van der Waals surface area contributed by atoms with E-state index in [0.717, 1.165) is 5.56 Å². The molecule has 0 spiro atoms. The van der Waals surface area contributed by atoms with Crippen molar-refractivity contribution in [3.8, 4) is 11.5 Å². The zero-order chi connectivity index (χ0) is 15.1. The van der Waals surface area contributed by atoms with Gasteiger partial charge in [0.1, 0.15) is 0 Å². The smallest absolute Gasteiger partial charge is 0.258 e. The molecular weight excluding hydrogens is 270 g/mol. The fourth-order valence-electron chi connectivity index (χ4n) is 1.88. The van der Waals surface area contributed by atoms with Gasteiger partial charge in [-0.2, -0.15) is 0 Å². The number of amides is 1. The topological polar surface area (TPSA) is 78.8 Å². The maximum Gasteiger partial charge on any atom is 0.258 e. The van der Waals surface area contributed by atoms with E-state index in [1.165, 1.54) is 6.07 Å². The number of nitrogens with one attached hydrogen (secondary N) is 1. The standard InChI is InChI=1S/C16H17NO4/c18-10-13(12-6-2-1-3-7-12)17-16(20)11-21-15-9-5-4-8-14(15)19/h1-9,13,18-19H,10-11H2,(H,17,20)/t13-/m0/s1. The van der Waals surface area contributed by atoms with Crippen LogP contribution in [-0.4, -0.2) is 29.3 Å². The quantitative estimate of drug-likeness (QED) is 0.754. The molecule has 0 fully saturated rings. The summed E-state index contributed by atoms with van der Waals surface area (Å²) < 4.78 is 5.24. The summed E-state index contributed by atoms with van der Waals surface area (Å²) in [6.45, 7) is -0.437. The molecule has 110 valence electrons. The molecule has 0 aliphatic rings. The lowest BCUT2D eigenvalue weighted by Crippen LogP contribution is -2.34. The van der Waals surface area contributed by atoms with Crippen LogP contribution in [0.3, 0.4) is 0 Å². The Morgan fingerprint density at radius 2 is 1.76 bits per heavy atom. The molecule has 5 heteroatoms. The number of benzene rings is 2. The van der Waals surface area contributed by atoms with E-state index in [0.29, 0.717) is 0 Å². The number of phenols is 1. The van der Waals surface area contributed by atoms with Gasteiger partial charge in [-0.3, -0.25) is 4.79 Å². The highest BCUT2D eigenvalue weighted by atomic mass is 16.5. The number of para-hydroxylation sites is 2. The third-order valence-electron chi connectivity index (χ3n) is 2.94. The number of hydrogen-bond donors (Lipinski definition) is 3. The molecule has 0 aliphatic heterocycles. The summed E-state index contributed by atoms with van der Waals surface area (Å²) in [6, 6.07) is 15.1. The second kappa shape index (κ2) is 7.31. The van der Waals surface area contributed by atoms with Gasteiger partial charge in [0.2, 0.25) is 0 Å². The van der Waals surface area contributed by atoms with Crippen molar-refractivity contribution >= 4 is 5.91 Å². The van der Waals surface area contributed by atoms with Gasteiger partial charge < -0.3 is 20.3 Å². The van der Waals surface area contributed by atoms with Crippen molar-refractivity contribution in [1.82, 2.24) is 5.32 Å². The van der Waals surface area contributed by atoms with Gasteiger partial charge in [-0.25, -0.2) is 0 Å². The number of aliphatic hydroxyl groups is 1. The maximum absolute atomic E-state index is 11.8. The molecular formula is C16H17NO4. The van der Waals surface area contributed by atoms with E-state index in [4.69, 9.17) is 4.74 Å². The number of phenolic OH excluding ortho intramolecular Hbond substituents is 1. The van der Waals surface area contributed by atoms with Crippen LogP contribution in [0.5, 0.6) is 11.5 Å². The minimum atomic E-state index is -0.480. The second-order valence-electron chi connectivity index (χ2n) is 4.47. The normalized spacial score (nSPS) is 11.7. The Hall–Kier alpha value is -2.53. The summed E-state index contributed by atoms with van der Waals surface area (Å²) in [5, 5.41) is 21.6. The lowest BCUT2D eigenvalue weighted by Gasteiger charge is -2.17. The molecule has 3 N–H and O–H groups in total. The predicted octanol–water partition coefficient (Wildman–Crippen LogP) is 1.62. The SMILES string of the molecule is O=C(COc1ccccc1O)N[C@@H](CO)c1ccccc1. The Morgan fingerprint density at radius 3 is 2.43 bits per heavy atom. The first-order valence-corrected chi connectivity index (χ1v) is 6.56. The third-order valence-corrected chi connectivity index (χ3v) is 2.94. The van der Waals surface area contributed by atoms with Crippen LogP contribution in [0.4, 0.5) is 0 Å². The minimum Gasteiger partial charge on any atom is -0.504 e. The second-order valence-corrected chi connectivity index (χ2v) is 4.47. The van der Waals surface area contributed by atoms with E-state index in [-0.39, 0.29) is 30.6 Å². The van der Waals surface area contributed by atoms with Gasteiger partial charge in [0.05, 0.1) is 12.6 Å². The molecule has 0 saturated carbocycles. The van der Waals surface area contributed by atoms with E-state index < -0.39 is 6.04 Å². The van der Waals surface area contributed by atoms with Crippen molar-refractivity contribution < 1.29 is 19.7 Å². The Kier molecular flexibility index (Phi) is 5.17. The molecule has 2 rings (SSSR count). The fraction of sp³-hybridized carbons (Fsp3) is 0.188. The van der Waals surface area contributed by atoms with Crippen molar-refractivity contribution in [2.24, 2.45) is 0 Å². The van der Waals surface area contributed by atoms with Crippen LogP contribution in [0.2, 0.25) is 0 Å². The summed E-state index contributed by atoms with van der Waals surface area (Å²) >= 11 is 0. The summed E-state index contributed by atoms with van der Waals surface area (Å²) in [5.74, 6) is -0.152. The van der Waals surface area contributed by atoms with E-state index >= 15 is 0 Å². The molecule has 0 bridgehead atoms. The van der Waals surface area contributed by atoms with Crippen molar-refractivity contribution in [3.05, 3.63) is 60.2 Å². The molecule has 21 heavy (non-hydrogen) atoms. The van der Waals surface area contributed by atoms with Crippen LogP contribution < -0.4 is 10.1 Å². The number of ether oxygens (including phenoxy) is 1. The van der Waals surface area contributed by atoms with Crippen molar-refractivity contribution in [1.29, 1.82) is 0 Å². The highest BCUT2D eigenvalue weighted by Crippen LogP contribution is 2.24.